The summed E-state index contributed by atoms with van der Waals surface area (Å²) in [6.07, 6.45) is 7.10. The standard InChI is InChI=1S/C18H24N2/c1-14(2)12-15-8-9-19-18-7-6-16(13-17(15)18)20-10-4-3-5-11-20/h6-9,13-14H,3-5,10-12H2,1-2H3. The maximum absolute atomic E-state index is 4.52. The zero-order valence-corrected chi connectivity index (χ0v) is 12.6. The highest BCUT2D eigenvalue weighted by Crippen LogP contribution is 2.27. The zero-order valence-electron chi connectivity index (χ0n) is 12.6. The molecule has 0 N–H and O–H groups in total. The van der Waals surface area contributed by atoms with Gasteiger partial charge in [0, 0.05) is 30.4 Å². The van der Waals surface area contributed by atoms with Crippen LogP contribution in [0.5, 0.6) is 0 Å². The summed E-state index contributed by atoms with van der Waals surface area (Å²) in [5.74, 6) is 0.680. The molecule has 106 valence electrons. The minimum atomic E-state index is 0.680. The van der Waals surface area contributed by atoms with E-state index in [-0.39, 0.29) is 0 Å². The number of pyridine rings is 1. The van der Waals surface area contributed by atoms with Crippen LogP contribution in [0.3, 0.4) is 0 Å². The molecule has 1 aromatic carbocycles. The van der Waals surface area contributed by atoms with Crippen molar-refractivity contribution in [2.75, 3.05) is 18.0 Å². The summed E-state index contributed by atoms with van der Waals surface area (Å²) >= 11 is 0. The van der Waals surface area contributed by atoms with Crippen LogP contribution in [0.1, 0.15) is 38.7 Å². The molecular formula is C18H24N2. The summed E-state index contributed by atoms with van der Waals surface area (Å²) in [7, 11) is 0. The monoisotopic (exact) mass is 268 g/mol. The molecular weight excluding hydrogens is 244 g/mol. The lowest BCUT2D eigenvalue weighted by atomic mass is 9.99. The van der Waals surface area contributed by atoms with Crippen LogP contribution in [-0.4, -0.2) is 18.1 Å². The summed E-state index contributed by atoms with van der Waals surface area (Å²) in [6, 6.07) is 8.95. The number of rotatable bonds is 3. The predicted molar refractivity (Wildman–Crippen MR) is 86.3 cm³/mol. The summed E-state index contributed by atoms with van der Waals surface area (Å²) in [4.78, 5) is 7.04. The van der Waals surface area contributed by atoms with Gasteiger partial charge in [-0.15, -0.1) is 0 Å². The molecule has 0 atom stereocenters. The summed E-state index contributed by atoms with van der Waals surface area (Å²) < 4.78 is 0. The third-order valence-corrected chi connectivity index (χ3v) is 4.16. The Balaban J connectivity index is 1.99. The molecule has 20 heavy (non-hydrogen) atoms. The summed E-state index contributed by atoms with van der Waals surface area (Å²) in [6.45, 7) is 6.96. The zero-order chi connectivity index (χ0) is 13.9. The molecule has 0 bridgehead atoms. The Morgan fingerprint density at radius 3 is 2.65 bits per heavy atom. The molecule has 2 heteroatoms. The topological polar surface area (TPSA) is 16.1 Å². The summed E-state index contributed by atoms with van der Waals surface area (Å²) in [5, 5.41) is 1.34. The van der Waals surface area contributed by atoms with E-state index in [9.17, 15) is 0 Å². The second kappa shape index (κ2) is 5.82. The number of benzene rings is 1. The van der Waals surface area contributed by atoms with Gasteiger partial charge in [-0.1, -0.05) is 13.8 Å². The lowest BCUT2D eigenvalue weighted by molar-refractivity contribution is 0.578. The van der Waals surface area contributed by atoms with Crippen molar-refractivity contribution >= 4 is 16.6 Å². The first-order valence-electron chi connectivity index (χ1n) is 7.86. The SMILES string of the molecule is CC(C)Cc1ccnc2ccc(N3CCCCC3)cc12. The fraction of sp³-hybridized carbons (Fsp3) is 0.500. The van der Waals surface area contributed by atoms with Crippen molar-refractivity contribution in [2.24, 2.45) is 5.92 Å². The van der Waals surface area contributed by atoms with E-state index >= 15 is 0 Å². The van der Waals surface area contributed by atoms with Crippen LogP contribution < -0.4 is 4.90 Å². The molecule has 0 saturated carbocycles. The number of fused-ring (bicyclic) bond motifs is 1. The van der Waals surface area contributed by atoms with Gasteiger partial charge < -0.3 is 4.90 Å². The lowest BCUT2D eigenvalue weighted by Gasteiger charge is -2.29. The maximum Gasteiger partial charge on any atom is 0.0706 e. The van der Waals surface area contributed by atoms with E-state index < -0.39 is 0 Å². The molecule has 1 aliphatic rings. The first kappa shape index (κ1) is 13.4. The van der Waals surface area contributed by atoms with E-state index in [2.05, 4.69) is 48.0 Å². The molecule has 2 nitrogen and oxygen atoms in total. The second-order valence-electron chi connectivity index (χ2n) is 6.32. The van der Waals surface area contributed by atoms with Crippen molar-refractivity contribution in [1.29, 1.82) is 0 Å². The smallest absolute Gasteiger partial charge is 0.0706 e. The van der Waals surface area contributed by atoms with E-state index in [0.717, 1.165) is 11.9 Å². The number of hydrogen-bond acceptors (Lipinski definition) is 2. The van der Waals surface area contributed by atoms with Crippen LogP contribution in [0.25, 0.3) is 10.9 Å². The fourth-order valence-electron chi connectivity index (χ4n) is 3.16. The van der Waals surface area contributed by atoms with E-state index in [1.54, 1.807) is 0 Å². The van der Waals surface area contributed by atoms with Crippen molar-refractivity contribution in [3.05, 3.63) is 36.0 Å². The molecule has 0 aliphatic carbocycles. The Morgan fingerprint density at radius 1 is 1.10 bits per heavy atom. The normalized spacial score (nSPS) is 16.1. The molecule has 0 unspecified atom stereocenters. The molecule has 3 rings (SSSR count). The van der Waals surface area contributed by atoms with Gasteiger partial charge in [-0.3, -0.25) is 4.98 Å². The van der Waals surface area contributed by atoms with Crippen molar-refractivity contribution in [3.8, 4) is 0 Å². The van der Waals surface area contributed by atoms with Gasteiger partial charge in [0.1, 0.15) is 0 Å². The Hall–Kier alpha value is -1.57. The molecule has 1 aliphatic heterocycles. The molecule has 0 amide bonds. The highest BCUT2D eigenvalue weighted by molar-refractivity contribution is 5.85. The van der Waals surface area contributed by atoms with Gasteiger partial charge in [0.15, 0.2) is 0 Å². The summed E-state index contributed by atoms with van der Waals surface area (Å²) in [5.41, 5.74) is 3.93. The average Bonchev–Trinajstić information content (AvgIpc) is 2.47. The van der Waals surface area contributed by atoms with Crippen molar-refractivity contribution in [2.45, 2.75) is 39.5 Å². The van der Waals surface area contributed by atoms with Crippen LogP contribution in [-0.2, 0) is 6.42 Å². The molecule has 2 heterocycles. The number of anilines is 1. The lowest BCUT2D eigenvalue weighted by Crippen LogP contribution is -2.29. The average molecular weight is 268 g/mol. The Morgan fingerprint density at radius 2 is 1.90 bits per heavy atom. The number of nitrogens with zero attached hydrogens (tertiary/aromatic N) is 2. The van der Waals surface area contributed by atoms with Gasteiger partial charge in [-0.05, 0) is 61.4 Å². The molecule has 2 aromatic rings. The van der Waals surface area contributed by atoms with Crippen molar-refractivity contribution in [3.63, 3.8) is 0 Å². The number of hydrogen-bond donors (Lipinski definition) is 0. The van der Waals surface area contributed by atoms with Crippen molar-refractivity contribution < 1.29 is 0 Å². The highest BCUT2D eigenvalue weighted by atomic mass is 15.1. The Kier molecular flexibility index (Phi) is 3.90. The highest BCUT2D eigenvalue weighted by Gasteiger charge is 2.12. The number of aromatic nitrogens is 1. The Bertz CT molecular complexity index is 583. The predicted octanol–water partition coefficient (Wildman–Crippen LogP) is 4.42. The molecule has 1 fully saturated rings. The third-order valence-electron chi connectivity index (χ3n) is 4.16. The van der Waals surface area contributed by atoms with E-state index in [0.29, 0.717) is 5.92 Å². The van der Waals surface area contributed by atoms with Crippen LogP contribution in [0.2, 0.25) is 0 Å². The van der Waals surface area contributed by atoms with Crippen LogP contribution in [0, 0.1) is 5.92 Å². The first-order chi connectivity index (χ1) is 9.74. The third kappa shape index (κ3) is 2.79. The maximum atomic E-state index is 4.52. The van der Waals surface area contributed by atoms with E-state index in [1.165, 1.54) is 49.0 Å². The van der Waals surface area contributed by atoms with Gasteiger partial charge in [0.25, 0.3) is 0 Å². The first-order valence-corrected chi connectivity index (χ1v) is 7.86. The quantitative estimate of drug-likeness (QED) is 0.819. The van der Waals surface area contributed by atoms with Gasteiger partial charge >= 0.3 is 0 Å². The molecule has 1 aromatic heterocycles. The van der Waals surface area contributed by atoms with Crippen LogP contribution in [0.15, 0.2) is 30.5 Å². The second-order valence-corrected chi connectivity index (χ2v) is 6.32. The fourth-order valence-corrected chi connectivity index (χ4v) is 3.16. The molecule has 0 spiro atoms. The largest absolute Gasteiger partial charge is 0.372 e. The van der Waals surface area contributed by atoms with Crippen LogP contribution >= 0.6 is 0 Å². The molecule has 1 saturated heterocycles. The number of piperidine rings is 1. The van der Waals surface area contributed by atoms with Crippen molar-refractivity contribution in [1.82, 2.24) is 4.98 Å². The minimum absolute atomic E-state index is 0.680. The molecule has 0 radical (unpaired) electrons. The van der Waals surface area contributed by atoms with Gasteiger partial charge in [0.05, 0.1) is 5.52 Å². The van der Waals surface area contributed by atoms with Gasteiger partial charge in [-0.2, -0.15) is 0 Å². The van der Waals surface area contributed by atoms with E-state index in [1.807, 2.05) is 6.20 Å². The Labute approximate surface area is 121 Å². The minimum Gasteiger partial charge on any atom is -0.372 e. The van der Waals surface area contributed by atoms with E-state index in [4.69, 9.17) is 0 Å². The van der Waals surface area contributed by atoms with Gasteiger partial charge in [-0.25, -0.2) is 0 Å². The van der Waals surface area contributed by atoms with Crippen LogP contribution in [0.4, 0.5) is 5.69 Å². The van der Waals surface area contributed by atoms with Gasteiger partial charge in [0.2, 0.25) is 0 Å².